The smallest absolute Gasteiger partial charge is 0.406 e. The van der Waals surface area contributed by atoms with Gasteiger partial charge in [0.15, 0.2) is 27.3 Å². The lowest BCUT2D eigenvalue weighted by Crippen LogP contribution is -2.55. The van der Waals surface area contributed by atoms with Gasteiger partial charge in [0.2, 0.25) is 5.91 Å². The monoisotopic (exact) mass is 645 g/mol. The van der Waals surface area contributed by atoms with Gasteiger partial charge in [-0.15, -0.1) is 0 Å². The molecule has 5 atom stereocenters. The van der Waals surface area contributed by atoms with E-state index in [2.05, 4.69) is 20.7 Å². The highest BCUT2D eigenvalue weighted by atomic mass is 35.5. The Hall–Kier alpha value is -3.36. The van der Waals surface area contributed by atoms with E-state index in [0.717, 1.165) is 6.07 Å². The van der Waals surface area contributed by atoms with Gasteiger partial charge in [-0.3, -0.25) is 9.59 Å². The number of rotatable bonds is 9. The minimum atomic E-state index is -4.11. The Kier molecular flexibility index (Phi) is 9.62. The molecule has 0 aromatic heterocycles. The molecule has 2 bridgehead atoms. The zero-order valence-electron chi connectivity index (χ0n) is 23.3. The summed E-state index contributed by atoms with van der Waals surface area (Å²) in [6.07, 6.45) is 0.588. The van der Waals surface area contributed by atoms with Crippen molar-refractivity contribution in [3.63, 3.8) is 0 Å². The van der Waals surface area contributed by atoms with Gasteiger partial charge >= 0.3 is 6.09 Å². The number of amides is 3. The molecule has 4 rings (SSSR count). The van der Waals surface area contributed by atoms with Crippen LogP contribution >= 0.6 is 11.6 Å². The predicted molar refractivity (Wildman–Crippen MR) is 150 cm³/mol. The maximum absolute atomic E-state index is 13.8. The number of hydrogen-bond acceptors (Lipinski definition) is 7. The maximum atomic E-state index is 13.8. The van der Waals surface area contributed by atoms with Crippen LogP contribution in [0.15, 0.2) is 35.2 Å². The highest BCUT2D eigenvalue weighted by Crippen LogP contribution is 2.52. The molecule has 0 aliphatic heterocycles. The van der Waals surface area contributed by atoms with Crippen molar-refractivity contribution in [1.82, 2.24) is 10.6 Å². The highest BCUT2D eigenvalue weighted by Gasteiger charge is 2.55. The van der Waals surface area contributed by atoms with Gasteiger partial charge in [0.1, 0.15) is 0 Å². The van der Waals surface area contributed by atoms with Gasteiger partial charge in [-0.1, -0.05) is 18.5 Å². The van der Waals surface area contributed by atoms with Crippen molar-refractivity contribution in [3.8, 4) is 0 Å². The lowest BCUT2D eigenvalue weighted by Gasteiger charge is -2.42. The molecule has 2 saturated carbocycles. The van der Waals surface area contributed by atoms with E-state index in [0.29, 0.717) is 25.0 Å². The summed E-state index contributed by atoms with van der Waals surface area (Å²) in [5.41, 5.74) is -1.87. The summed E-state index contributed by atoms with van der Waals surface area (Å²) in [6, 6.07) is 4.70. The molecule has 2 aliphatic rings. The zero-order valence-corrected chi connectivity index (χ0v) is 24.8. The Bertz CT molecular complexity index is 1500. The number of ether oxygens (including phenoxy) is 1. The second kappa shape index (κ2) is 12.7. The zero-order chi connectivity index (χ0) is 31.7. The molecule has 2 unspecified atom stereocenters. The molecule has 2 aromatic carbocycles. The van der Waals surface area contributed by atoms with Crippen molar-refractivity contribution >= 4 is 45.0 Å². The van der Waals surface area contributed by atoms with Gasteiger partial charge in [0, 0.05) is 36.5 Å². The number of alkyl carbamates (subject to hydrolysis) is 1. The van der Waals surface area contributed by atoms with Crippen molar-refractivity contribution in [1.29, 1.82) is 0 Å². The number of nitrogens with one attached hydrogen (secondary N) is 3. The minimum absolute atomic E-state index is 0.0274. The number of sulfone groups is 1. The average molecular weight is 646 g/mol. The first-order chi connectivity index (χ1) is 20.2. The predicted octanol–water partition coefficient (Wildman–Crippen LogP) is 3.81. The number of benzene rings is 2. The summed E-state index contributed by atoms with van der Waals surface area (Å²) in [5.74, 6) is -7.50. The molecule has 15 heteroatoms. The molecule has 10 nitrogen and oxygen atoms in total. The van der Waals surface area contributed by atoms with Gasteiger partial charge in [-0.2, -0.15) is 0 Å². The summed E-state index contributed by atoms with van der Waals surface area (Å²) in [7, 11) is -2.91. The highest BCUT2D eigenvalue weighted by molar-refractivity contribution is 7.92. The SMILES string of the molecule is COC(=O)NCC(C)C(=O)NC[C@@]1(O)C2CC[C@H]1C[C@H](S(=O)(=O)c1cc(C(=O)Nc3cc(F)c(F)c(F)c3)ccc1Cl)C2. The van der Waals surface area contributed by atoms with Crippen LogP contribution in [0.1, 0.15) is 43.0 Å². The molecule has 0 saturated heterocycles. The number of halogens is 4. The third kappa shape index (κ3) is 6.75. The summed E-state index contributed by atoms with van der Waals surface area (Å²) in [6.45, 7) is 1.54. The molecule has 2 aromatic rings. The van der Waals surface area contributed by atoms with Crippen LogP contribution in [0, 0.1) is 35.2 Å². The van der Waals surface area contributed by atoms with E-state index in [9.17, 15) is 41.1 Å². The Labute approximate surface area is 251 Å². The number of carbonyl (C=O) groups excluding carboxylic acids is 3. The van der Waals surface area contributed by atoms with Crippen molar-refractivity contribution < 1.29 is 45.8 Å². The van der Waals surface area contributed by atoms with E-state index in [4.69, 9.17) is 11.6 Å². The van der Waals surface area contributed by atoms with Crippen LogP contribution in [0.5, 0.6) is 0 Å². The van der Waals surface area contributed by atoms with Crippen molar-refractivity contribution in [2.45, 2.75) is 48.4 Å². The standard InChI is InChI=1S/C28H31ClF3N3O7S/c1-14(12-33-27(38)42-2)25(36)34-13-28(39)16-4-5-17(28)9-19(8-16)43(40,41)23-7-15(3-6-20(23)29)26(37)35-18-10-21(30)24(32)22(31)11-18/h3,6-7,10-11,14,16-17,19,39H,4-5,8-9,12-13H2,1-2H3,(H,33,38)(H,34,36)(H,35,37)/t14?,16-,17?,19-,28-/m0/s1. The number of anilines is 1. The Morgan fingerprint density at radius 3 is 2.26 bits per heavy atom. The van der Waals surface area contributed by atoms with Crippen LogP contribution in [-0.2, 0) is 19.4 Å². The first-order valence-electron chi connectivity index (χ1n) is 13.5. The number of aliphatic hydroxyl groups is 1. The number of carbonyl (C=O) groups is 3. The molecule has 0 heterocycles. The molecule has 0 radical (unpaired) electrons. The first-order valence-corrected chi connectivity index (χ1v) is 15.4. The van der Waals surface area contributed by atoms with Gasteiger partial charge in [0.25, 0.3) is 5.91 Å². The van der Waals surface area contributed by atoms with Gasteiger partial charge in [-0.05, 0) is 55.7 Å². The molecular formula is C28H31ClF3N3O7S. The number of hydrogen-bond donors (Lipinski definition) is 4. The minimum Gasteiger partial charge on any atom is -0.453 e. The Balaban J connectivity index is 1.46. The van der Waals surface area contributed by atoms with E-state index in [1.165, 1.54) is 19.2 Å². The summed E-state index contributed by atoms with van der Waals surface area (Å²) in [4.78, 5) is 36.3. The molecule has 234 valence electrons. The maximum Gasteiger partial charge on any atom is 0.406 e. The first kappa shape index (κ1) is 32.6. The lowest BCUT2D eigenvalue weighted by molar-refractivity contribution is -0.127. The molecule has 43 heavy (non-hydrogen) atoms. The van der Waals surface area contributed by atoms with Crippen LogP contribution < -0.4 is 16.0 Å². The Morgan fingerprint density at radius 1 is 1.07 bits per heavy atom. The van der Waals surface area contributed by atoms with E-state index in [-0.39, 0.29) is 47.1 Å². The van der Waals surface area contributed by atoms with E-state index in [1.807, 2.05) is 0 Å². The summed E-state index contributed by atoms with van der Waals surface area (Å²) < 4.78 is 72.4. The summed E-state index contributed by atoms with van der Waals surface area (Å²) >= 11 is 6.25. The van der Waals surface area contributed by atoms with Crippen LogP contribution in [0.3, 0.4) is 0 Å². The molecule has 0 spiro atoms. The topological polar surface area (TPSA) is 151 Å². The molecule has 2 aliphatic carbocycles. The fourth-order valence-corrected chi connectivity index (χ4v) is 8.23. The summed E-state index contributed by atoms with van der Waals surface area (Å²) in [5, 5.41) is 17.8. The largest absolute Gasteiger partial charge is 0.453 e. The van der Waals surface area contributed by atoms with E-state index in [1.54, 1.807) is 6.92 Å². The quantitative estimate of drug-likeness (QED) is 0.303. The lowest BCUT2D eigenvalue weighted by atomic mass is 9.74. The van der Waals surface area contributed by atoms with E-state index >= 15 is 0 Å². The fourth-order valence-electron chi connectivity index (χ4n) is 5.83. The molecule has 4 N–H and O–H groups in total. The Morgan fingerprint density at radius 2 is 1.67 bits per heavy atom. The van der Waals surface area contributed by atoms with Crippen LogP contribution in [-0.4, -0.2) is 62.5 Å². The number of fused-ring (bicyclic) bond motifs is 2. The van der Waals surface area contributed by atoms with Crippen molar-refractivity contribution in [2.75, 3.05) is 25.5 Å². The van der Waals surface area contributed by atoms with Crippen molar-refractivity contribution in [3.05, 3.63) is 58.4 Å². The van der Waals surface area contributed by atoms with Crippen LogP contribution in [0.25, 0.3) is 0 Å². The molecule has 2 fully saturated rings. The van der Waals surface area contributed by atoms with Crippen LogP contribution in [0.2, 0.25) is 5.02 Å². The van der Waals surface area contributed by atoms with E-state index < -0.39 is 73.8 Å². The third-order valence-electron chi connectivity index (χ3n) is 8.28. The molecular weight excluding hydrogens is 615 g/mol. The van der Waals surface area contributed by atoms with Crippen molar-refractivity contribution in [2.24, 2.45) is 17.8 Å². The third-order valence-corrected chi connectivity index (χ3v) is 10.9. The number of methoxy groups -OCH3 is 1. The normalized spacial score (nSPS) is 23.7. The van der Waals surface area contributed by atoms with Gasteiger partial charge < -0.3 is 25.8 Å². The average Bonchev–Trinajstić information content (AvgIpc) is 3.12. The fraction of sp³-hybridized carbons (Fsp3) is 0.464. The van der Waals surface area contributed by atoms with Crippen LogP contribution in [0.4, 0.5) is 23.7 Å². The van der Waals surface area contributed by atoms with Gasteiger partial charge in [0.05, 0.1) is 33.8 Å². The van der Waals surface area contributed by atoms with Gasteiger partial charge in [-0.25, -0.2) is 26.4 Å². The molecule has 3 amide bonds. The second-order valence-corrected chi connectivity index (χ2v) is 13.5. The second-order valence-electron chi connectivity index (χ2n) is 10.9.